The Labute approximate surface area is 129 Å². The van der Waals surface area contributed by atoms with Crippen LogP contribution in [0, 0.1) is 5.92 Å². The van der Waals surface area contributed by atoms with Crippen LogP contribution in [0.3, 0.4) is 0 Å². The molecule has 6 nitrogen and oxygen atoms in total. The summed E-state index contributed by atoms with van der Waals surface area (Å²) in [4.78, 5) is 17.8. The standard InChI is InChI=1S/C14H16F3N3O3/c1-8(5-7-21)2-3-10-9(4-6-18-12(10)22)11-19-13(23-20-11)14(15,16)17/h4,6,8,21H,2-3,5,7H2,1H3,(H,18,22). The first-order valence-corrected chi connectivity index (χ1v) is 7.05. The number of rotatable bonds is 6. The predicted molar refractivity (Wildman–Crippen MR) is 74.5 cm³/mol. The zero-order valence-electron chi connectivity index (χ0n) is 12.4. The molecule has 0 amide bonds. The molecule has 1 atom stereocenters. The van der Waals surface area contributed by atoms with Crippen molar-refractivity contribution in [3.8, 4) is 11.4 Å². The van der Waals surface area contributed by atoms with Crippen LogP contribution in [0.25, 0.3) is 11.4 Å². The molecule has 9 heteroatoms. The van der Waals surface area contributed by atoms with Gasteiger partial charge in [0.25, 0.3) is 5.56 Å². The number of aromatic amines is 1. The van der Waals surface area contributed by atoms with Gasteiger partial charge in [-0.3, -0.25) is 4.79 Å². The summed E-state index contributed by atoms with van der Waals surface area (Å²) >= 11 is 0. The van der Waals surface area contributed by atoms with Crippen molar-refractivity contribution >= 4 is 0 Å². The molecule has 2 heterocycles. The highest BCUT2D eigenvalue weighted by Gasteiger charge is 2.38. The lowest BCUT2D eigenvalue weighted by molar-refractivity contribution is -0.159. The predicted octanol–water partition coefficient (Wildman–Crippen LogP) is 2.39. The Morgan fingerprint density at radius 1 is 1.39 bits per heavy atom. The molecule has 2 aromatic heterocycles. The molecular formula is C14H16F3N3O3. The van der Waals surface area contributed by atoms with E-state index in [-0.39, 0.29) is 23.9 Å². The number of pyridine rings is 1. The second-order valence-electron chi connectivity index (χ2n) is 5.28. The Hall–Kier alpha value is -2.16. The summed E-state index contributed by atoms with van der Waals surface area (Å²) in [6.07, 6.45) is -1.89. The van der Waals surface area contributed by atoms with E-state index in [0.717, 1.165) is 0 Å². The van der Waals surface area contributed by atoms with Crippen LogP contribution in [-0.2, 0) is 12.6 Å². The largest absolute Gasteiger partial charge is 0.471 e. The topological polar surface area (TPSA) is 92.0 Å². The van der Waals surface area contributed by atoms with Crippen molar-refractivity contribution in [3.05, 3.63) is 34.1 Å². The van der Waals surface area contributed by atoms with Gasteiger partial charge in [0.2, 0.25) is 5.82 Å². The summed E-state index contributed by atoms with van der Waals surface area (Å²) in [5.41, 5.74) is 0.105. The molecule has 0 aromatic carbocycles. The van der Waals surface area contributed by atoms with Crippen molar-refractivity contribution in [2.24, 2.45) is 5.92 Å². The minimum absolute atomic E-state index is 0.0406. The van der Waals surface area contributed by atoms with E-state index < -0.39 is 17.6 Å². The number of hydrogen-bond donors (Lipinski definition) is 2. The average molecular weight is 331 g/mol. The Kier molecular flexibility index (Phi) is 5.19. The fourth-order valence-corrected chi connectivity index (χ4v) is 2.17. The third-order valence-electron chi connectivity index (χ3n) is 3.48. The smallest absolute Gasteiger partial charge is 0.396 e. The average Bonchev–Trinajstić information content (AvgIpc) is 2.95. The highest BCUT2D eigenvalue weighted by molar-refractivity contribution is 5.58. The van der Waals surface area contributed by atoms with E-state index >= 15 is 0 Å². The molecule has 0 radical (unpaired) electrons. The van der Waals surface area contributed by atoms with Gasteiger partial charge in [0.1, 0.15) is 0 Å². The van der Waals surface area contributed by atoms with Gasteiger partial charge in [-0.15, -0.1) is 0 Å². The first-order chi connectivity index (χ1) is 10.8. The highest BCUT2D eigenvalue weighted by Crippen LogP contribution is 2.30. The Bertz CT molecular complexity index is 709. The molecule has 23 heavy (non-hydrogen) atoms. The number of aromatic nitrogens is 3. The maximum absolute atomic E-state index is 12.5. The number of alkyl halides is 3. The third kappa shape index (κ3) is 4.19. The van der Waals surface area contributed by atoms with Crippen LogP contribution in [0.15, 0.2) is 21.6 Å². The molecule has 126 valence electrons. The molecule has 0 bridgehead atoms. The Balaban J connectivity index is 2.30. The van der Waals surface area contributed by atoms with Crippen molar-refractivity contribution in [2.45, 2.75) is 32.4 Å². The van der Waals surface area contributed by atoms with E-state index in [1.165, 1.54) is 12.3 Å². The molecule has 0 aliphatic heterocycles. The number of H-pyrrole nitrogens is 1. The van der Waals surface area contributed by atoms with Crippen molar-refractivity contribution < 1.29 is 22.8 Å². The molecule has 0 fully saturated rings. The third-order valence-corrected chi connectivity index (χ3v) is 3.48. The highest BCUT2D eigenvalue weighted by atomic mass is 19.4. The lowest BCUT2D eigenvalue weighted by Crippen LogP contribution is -2.15. The van der Waals surface area contributed by atoms with E-state index in [2.05, 4.69) is 19.6 Å². The van der Waals surface area contributed by atoms with Crippen LogP contribution in [0.4, 0.5) is 13.2 Å². The van der Waals surface area contributed by atoms with Gasteiger partial charge >= 0.3 is 12.1 Å². The molecule has 2 N–H and O–H groups in total. The monoisotopic (exact) mass is 331 g/mol. The minimum Gasteiger partial charge on any atom is -0.396 e. The van der Waals surface area contributed by atoms with Gasteiger partial charge in [-0.25, -0.2) is 0 Å². The van der Waals surface area contributed by atoms with Crippen LogP contribution < -0.4 is 5.56 Å². The number of aliphatic hydroxyl groups is 1. The van der Waals surface area contributed by atoms with Gasteiger partial charge in [0, 0.05) is 23.9 Å². The van der Waals surface area contributed by atoms with Gasteiger partial charge in [-0.2, -0.15) is 18.2 Å². The SMILES string of the molecule is CC(CCO)CCc1c(-c2noc(C(F)(F)F)n2)cc[nH]c1=O. The van der Waals surface area contributed by atoms with Crippen molar-refractivity contribution in [3.63, 3.8) is 0 Å². The number of aliphatic hydroxyl groups excluding tert-OH is 1. The van der Waals surface area contributed by atoms with Gasteiger partial charge < -0.3 is 14.6 Å². The number of hydrogen-bond acceptors (Lipinski definition) is 5. The van der Waals surface area contributed by atoms with Crippen LogP contribution in [0.2, 0.25) is 0 Å². The number of halogens is 3. The van der Waals surface area contributed by atoms with Crippen molar-refractivity contribution in [2.75, 3.05) is 6.61 Å². The normalized spacial score (nSPS) is 13.3. The van der Waals surface area contributed by atoms with Crippen LogP contribution >= 0.6 is 0 Å². The summed E-state index contributed by atoms with van der Waals surface area (Å²) in [7, 11) is 0. The van der Waals surface area contributed by atoms with E-state index in [0.29, 0.717) is 24.8 Å². The molecular weight excluding hydrogens is 315 g/mol. The van der Waals surface area contributed by atoms with E-state index in [1.54, 1.807) is 0 Å². The Morgan fingerprint density at radius 3 is 2.74 bits per heavy atom. The fraction of sp³-hybridized carbons (Fsp3) is 0.500. The summed E-state index contributed by atoms with van der Waals surface area (Å²) in [6, 6.07) is 1.44. The summed E-state index contributed by atoms with van der Waals surface area (Å²) < 4.78 is 41.9. The molecule has 0 saturated heterocycles. The van der Waals surface area contributed by atoms with E-state index in [1.807, 2.05) is 6.92 Å². The van der Waals surface area contributed by atoms with Crippen molar-refractivity contribution in [1.29, 1.82) is 0 Å². The summed E-state index contributed by atoms with van der Waals surface area (Å²) in [5.74, 6) is -1.55. The maximum Gasteiger partial charge on any atom is 0.471 e. The molecule has 0 spiro atoms. The molecule has 1 unspecified atom stereocenters. The Morgan fingerprint density at radius 2 is 2.13 bits per heavy atom. The number of nitrogens with one attached hydrogen (secondary N) is 1. The molecule has 0 aliphatic rings. The van der Waals surface area contributed by atoms with Gasteiger partial charge in [-0.05, 0) is 31.2 Å². The van der Waals surface area contributed by atoms with E-state index in [4.69, 9.17) is 5.11 Å². The maximum atomic E-state index is 12.5. The number of nitrogens with zero attached hydrogens (tertiary/aromatic N) is 2. The summed E-state index contributed by atoms with van der Waals surface area (Å²) in [6.45, 7) is 1.96. The lowest BCUT2D eigenvalue weighted by Gasteiger charge is -2.10. The van der Waals surface area contributed by atoms with Crippen LogP contribution in [0.1, 0.15) is 31.2 Å². The van der Waals surface area contributed by atoms with Crippen LogP contribution in [-0.4, -0.2) is 26.8 Å². The lowest BCUT2D eigenvalue weighted by atomic mass is 9.96. The minimum atomic E-state index is -4.73. The van der Waals surface area contributed by atoms with Gasteiger partial charge in [0.15, 0.2) is 0 Å². The van der Waals surface area contributed by atoms with Gasteiger partial charge in [0.05, 0.1) is 0 Å². The van der Waals surface area contributed by atoms with Gasteiger partial charge in [-0.1, -0.05) is 12.1 Å². The molecule has 2 aromatic rings. The van der Waals surface area contributed by atoms with E-state index in [9.17, 15) is 18.0 Å². The second-order valence-corrected chi connectivity index (χ2v) is 5.28. The second kappa shape index (κ2) is 6.95. The quantitative estimate of drug-likeness (QED) is 0.848. The fourth-order valence-electron chi connectivity index (χ4n) is 2.17. The zero-order chi connectivity index (χ0) is 17.0. The molecule has 0 aliphatic carbocycles. The van der Waals surface area contributed by atoms with Crippen LogP contribution in [0.5, 0.6) is 0 Å². The molecule has 0 saturated carbocycles. The van der Waals surface area contributed by atoms with Crippen molar-refractivity contribution in [1.82, 2.24) is 15.1 Å². The first-order valence-electron chi connectivity index (χ1n) is 7.05. The first kappa shape index (κ1) is 17.2. The summed E-state index contributed by atoms with van der Waals surface area (Å²) in [5, 5.41) is 12.2. The molecule has 2 rings (SSSR count). The zero-order valence-corrected chi connectivity index (χ0v) is 12.4.